The second-order valence-corrected chi connectivity index (χ2v) is 4.16. The van der Waals surface area contributed by atoms with Crippen LogP contribution in [0.5, 0.6) is 0 Å². The number of quaternary nitrogens is 1. The minimum atomic E-state index is -1.55. The lowest BCUT2D eigenvalue weighted by molar-refractivity contribution is -0.856. The van der Waals surface area contributed by atoms with E-state index in [-0.39, 0.29) is 0 Å². The van der Waals surface area contributed by atoms with Crippen molar-refractivity contribution in [1.82, 2.24) is 0 Å². The number of anilines is 1. The number of carboxylic acids is 1. The van der Waals surface area contributed by atoms with Crippen LogP contribution >= 0.6 is 0 Å². The SMILES string of the molecule is C[NH+](C)CCNc1ccc([N+](=O)[O-])c(C(=O)[O-])c1. The molecule has 1 rings (SSSR count). The van der Waals surface area contributed by atoms with Crippen molar-refractivity contribution >= 4 is 17.3 Å². The molecule has 0 aliphatic heterocycles. The third kappa shape index (κ3) is 3.70. The molecule has 0 aliphatic carbocycles. The monoisotopic (exact) mass is 253 g/mol. The summed E-state index contributed by atoms with van der Waals surface area (Å²) >= 11 is 0. The Hall–Kier alpha value is -2.15. The fourth-order valence-electron chi connectivity index (χ4n) is 1.43. The number of rotatable bonds is 6. The zero-order chi connectivity index (χ0) is 13.7. The van der Waals surface area contributed by atoms with Crippen molar-refractivity contribution in [3.63, 3.8) is 0 Å². The van der Waals surface area contributed by atoms with Gasteiger partial charge < -0.3 is 20.1 Å². The summed E-state index contributed by atoms with van der Waals surface area (Å²) in [5.74, 6) is -1.55. The molecule has 98 valence electrons. The molecule has 7 heteroatoms. The number of nitrogens with zero attached hydrogens (tertiary/aromatic N) is 1. The van der Waals surface area contributed by atoms with Gasteiger partial charge >= 0.3 is 0 Å². The van der Waals surface area contributed by atoms with Crippen LogP contribution in [0, 0.1) is 10.1 Å². The number of hydrogen-bond donors (Lipinski definition) is 2. The molecule has 18 heavy (non-hydrogen) atoms. The third-order valence-corrected chi connectivity index (χ3v) is 2.37. The van der Waals surface area contributed by atoms with Crippen molar-refractivity contribution in [2.75, 3.05) is 32.5 Å². The Labute approximate surface area is 104 Å². The van der Waals surface area contributed by atoms with Crippen molar-refractivity contribution in [2.45, 2.75) is 0 Å². The normalized spacial score (nSPS) is 10.4. The van der Waals surface area contributed by atoms with E-state index in [0.717, 1.165) is 12.6 Å². The van der Waals surface area contributed by atoms with Gasteiger partial charge in [0.15, 0.2) is 0 Å². The van der Waals surface area contributed by atoms with E-state index in [1.807, 2.05) is 14.1 Å². The van der Waals surface area contributed by atoms with Crippen LogP contribution in [0.15, 0.2) is 18.2 Å². The Balaban J connectivity index is 2.87. The van der Waals surface area contributed by atoms with Crippen LogP contribution in [0.25, 0.3) is 0 Å². The van der Waals surface area contributed by atoms with Crippen LogP contribution in [0.1, 0.15) is 10.4 Å². The Morgan fingerprint density at radius 2 is 2.11 bits per heavy atom. The predicted molar refractivity (Wildman–Crippen MR) is 63.6 cm³/mol. The second-order valence-electron chi connectivity index (χ2n) is 4.16. The van der Waals surface area contributed by atoms with Gasteiger partial charge in [0.05, 0.1) is 43.6 Å². The quantitative estimate of drug-likeness (QED) is 0.475. The first kappa shape index (κ1) is 13.9. The van der Waals surface area contributed by atoms with E-state index >= 15 is 0 Å². The smallest absolute Gasteiger partial charge is 0.278 e. The number of carbonyl (C=O) groups is 1. The zero-order valence-corrected chi connectivity index (χ0v) is 10.2. The highest BCUT2D eigenvalue weighted by atomic mass is 16.6. The third-order valence-electron chi connectivity index (χ3n) is 2.37. The summed E-state index contributed by atoms with van der Waals surface area (Å²) < 4.78 is 0. The Bertz CT molecular complexity index is 460. The van der Waals surface area contributed by atoms with Crippen LogP contribution in [-0.2, 0) is 0 Å². The molecule has 1 aromatic carbocycles. The van der Waals surface area contributed by atoms with E-state index in [1.165, 1.54) is 17.0 Å². The maximum Gasteiger partial charge on any atom is 0.278 e. The molecule has 0 unspecified atom stereocenters. The number of benzene rings is 1. The number of aromatic carboxylic acids is 1. The average molecular weight is 253 g/mol. The first-order chi connectivity index (χ1) is 8.41. The number of carbonyl (C=O) groups excluding carboxylic acids is 1. The topological polar surface area (TPSA) is 99.7 Å². The van der Waals surface area contributed by atoms with E-state index in [0.29, 0.717) is 12.2 Å². The highest BCUT2D eigenvalue weighted by Gasteiger charge is 2.14. The standard InChI is InChI=1S/C11H15N3O4/c1-13(2)6-5-12-8-3-4-10(14(17)18)9(7-8)11(15)16/h3-4,7,12H,5-6H2,1-2H3,(H,15,16). The molecule has 0 saturated carbocycles. The molecule has 7 nitrogen and oxygen atoms in total. The lowest BCUT2D eigenvalue weighted by Crippen LogP contribution is -3.06. The van der Waals surface area contributed by atoms with Crippen LogP contribution in [0.3, 0.4) is 0 Å². The fourth-order valence-corrected chi connectivity index (χ4v) is 1.43. The van der Waals surface area contributed by atoms with Crippen LogP contribution in [-0.4, -0.2) is 38.1 Å². The number of nitro groups is 1. The highest BCUT2D eigenvalue weighted by molar-refractivity contribution is 5.92. The molecule has 0 spiro atoms. The first-order valence-electron chi connectivity index (χ1n) is 5.44. The van der Waals surface area contributed by atoms with Gasteiger partial charge in [-0.3, -0.25) is 10.1 Å². The molecular formula is C11H15N3O4. The Morgan fingerprint density at radius 3 is 2.61 bits per heavy atom. The maximum atomic E-state index is 10.8. The van der Waals surface area contributed by atoms with Crippen molar-refractivity contribution in [1.29, 1.82) is 0 Å². The van der Waals surface area contributed by atoms with Crippen molar-refractivity contribution in [2.24, 2.45) is 0 Å². The summed E-state index contributed by atoms with van der Waals surface area (Å²) in [6, 6.07) is 3.87. The van der Waals surface area contributed by atoms with Gasteiger partial charge in [-0.15, -0.1) is 0 Å². The summed E-state index contributed by atoms with van der Waals surface area (Å²) in [5, 5.41) is 24.4. The van der Waals surface area contributed by atoms with Crippen molar-refractivity contribution < 1.29 is 19.7 Å². The number of nitro benzene ring substituents is 1. The van der Waals surface area contributed by atoms with Gasteiger partial charge in [0, 0.05) is 11.8 Å². The summed E-state index contributed by atoms with van der Waals surface area (Å²) in [6.45, 7) is 1.49. The minimum Gasteiger partial charge on any atom is -0.545 e. The molecule has 0 fully saturated rings. The van der Waals surface area contributed by atoms with Gasteiger partial charge in [0.1, 0.15) is 0 Å². The molecule has 0 heterocycles. The lowest BCUT2D eigenvalue weighted by Gasteiger charge is -2.11. The van der Waals surface area contributed by atoms with Crippen molar-refractivity contribution in [3.8, 4) is 0 Å². The number of nitrogens with one attached hydrogen (secondary N) is 2. The van der Waals surface area contributed by atoms with Crippen molar-refractivity contribution in [3.05, 3.63) is 33.9 Å². The predicted octanol–water partition coefficient (Wildman–Crippen LogP) is -1.49. The molecule has 0 bridgehead atoms. The highest BCUT2D eigenvalue weighted by Crippen LogP contribution is 2.21. The van der Waals surface area contributed by atoms with Crippen LogP contribution < -0.4 is 15.3 Å². The lowest BCUT2D eigenvalue weighted by atomic mass is 10.1. The van der Waals surface area contributed by atoms with E-state index < -0.39 is 22.1 Å². The molecule has 0 amide bonds. The number of likely N-dealkylation sites (N-methyl/N-ethyl adjacent to an activating group) is 1. The molecule has 0 atom stereocenters. The number of carboxylic acid groups (broad SMARTS) is 1. The van der Waals surface area contributed by atoms with Gasteiger partial charge in [-0.05, 0) is 12.1 Å². The van der Waals surface area contributed by atoms with E-state index in [2.05, 4.69) is 5.32 Å². The van der Waals surface area contributed by atoms with E-state index in [4.69, 9.17) is 0 Å². The largest absolute Gasteiger partial charge is 0.545 e. The molecule has 1 aromatic rings. The fraction of sp³-hybridized carbons (Fsp3) is 0.364. The molecule has 0 saturated heterocycles. The number of hydrogen-bond acceptors (Lipinski definition) is 5. The maximum absolute atomic E-state index is 10.8. The van der Waals surface area contributed by atoms with Crippen LogP contribution in [0.2, 0.25) is 0 Å². The molecular weight excluding hydrogens is 238 g/mol. The van der Waals surface area contributed by atoms with Gasteiger partial charge in [-0.25, -0.2) is 0 Å². The molecule has 0 aromatic heterocycles. The molecule has 0 aliphatic rings. The summed E-state index contributed by atoms with van der Waals surface area (Å²) in [7, 11) is 3.98. The zero-order valence-electron chi connectivity index (χ0n) is 10.2. The van der Waals surface area contributed by atoms with Crippen LogP contribution in [0.4, 0.5) is 11.4 Å². The van der Waals surface area contributed by atoms with Gasteiger partial charge in [0.25, 0.3) is 5.69 Å². The molecule has 2 N–H and O–H groups in total. The van der Waals surface area contributed by atoms with Gasteiger partial charge in [-0.1, -0.05) is 0 Å². The Morgan fingerprint density at radius 1 is 1.44 bits per heavy atom. The average Bonchev–Trinajstić information content (AvgIpc) is 2.28. The van der Waals surface area contributed by atoms with E-state index in [9.17, 15) is 20.0 Å². The second kappa shape index (κ2) is 5.97. The van der Waals surface area contributed by atoms with E-state index in [1.54, 1.807) is 0 Å². The first-order valence-corrected chi connectivity index (χ1v) is 5.44. The minimum absolute atomic E-state index is 0.415. The molecule has 0 radical (unpaired) electrons. The summed E-state index contributed by atoms with van der Waals surface area (Å²) in [4.78, 5) is 21.9. The summed E-state index contributed by atoms with van der Waals surface area (Å²) in [6.07, 6.45) is 0. The van der Waals surface area contributed by atoms with Gasteiger partial charge in [-0.2, -0.15) is 0 Å². The Kier molecular flexibility index (Phi) is 4.61. The summed E-state index contributed by atoms with van der Waals surface area (Å²) in [5.41, 5.74) is -0.345. The van der Waals surface area contributed by atoms with Gasteiger partial charge in [0.2, 0.25) is 0 Å².